The Labute approximate surface area is 201 Å². The van der Waals surface area contributed by atoms with Crippen LogP contribution in [-0.4, -0.2) is 41.2 Å². The zero-order valence-corrected chi connectivity index (χ0v) is 20.1. The second-order valence-electron chi connectivity index (χ2n) is 7.50. The Morgan fingerprint density at radius 1 is 1.22 bits per heavy atom. The molecule has 0 radical (unpaired) electrons. The van der Waals surface area contributed by atoms with Gasteiger partial charge in [0.15, 0.2) is 11.5 Å². The molecule has 2 heterocycles. The number of fused-ring (bicyclic) bond motifs is 1. The maximum Gasteiger partial charge on any atom is 0.162 e. The quantitative estimate of drug-likeness (QED) is 0.371. The average Bonchev–Trinajstić information content (AvgIpc) is 2.81. The predicted octanol–water partition coefficient (Wildman–Crippen LogP) is 6.34. The fourth-order valence-corrected chi connectivity index (χ4v) is 4.12. The highest BCUT2D eigenvalue weighted by molar-refractivity contribution is 9.10. The van der Waals surface area contributed by atoms with Crippen molar-refractivity contribution >= 4 is 49.9 Å². The van der Waals surface area contributed by atoms with Crippen molar-refractivity contribution in [2.45, 2.75) is 18.9 Å². The normalized spacial score (nSPS) is 14.3. The number of methoxy groups -OCH3 is 1. The number of hydrogen-bond acceptors (Lipinski definition) is 6. The summed E-state index contributed by atoms with van der Waals surface area (Å²) in [6.45, 7) is 9.60. The molecule has 0 unspecified atom stereocenters. The van der Waals surface area contributed by atoms with Crippen molar-refractivity contribution in [3.05, 3.63) is 71.1 Å². The molecular weight excluding hydrogens is 492 g/mol. The van der Waals surface area contributed by atoms with Gasteiger partial charge in [-0.2, -0.15) is 0 Å². The second kappa shape index (κ2) is 9.79. The van der Waals surface area contributed by atoms with Crippen LogP contribution in [0.25, 0.3) is 10.9 Å². The van der Waals surface area contributed by atoms with Crippen molar-refractivity contribution in [2.75, 3.05) is 25.5 Å². The van der Waals surface area contributed by atoms with Gasteiger partial charge in [0.1, 0.15) is 18.2 Å². The Hall–Kier alpha value is -2.77. The van der Waals surface area contributed by atoms with Crippen molar-refractivity contribution in [3.63, 3.8) is 0 Å². The number of rotatable bonds is 7. The smallest absolute Gasteiger partial charge is 0.162 e. The predicted molar refractivity (Wildman–Crippen MR) is 133 cm³/mol. The number of anilines is 2. The molecule has 0 atom stereocenters. The molecule has 1 saturated heterocycles. The molecule has 2 aromatic carbocycles. The van der Waals surface area contributed by atoms with Crippen LogP contribution in [0.4, 0.5) is 11.5 Å². The number of ether oxygens (including phenoxy) is 2. The van der Waals surface area contributed by atoms with Gasteiger partial charge in [-0.15, -0.1) is 0 Å². The minimum atomic E-state index is 0.0848. The van der Waals surface area contributed by atoms with Gasteiger partial charge >= 0.3 is 0 Å². The molecule has 1 aliphatic rings. The van der Waals surface area contributed by atoms with Crippen LogP contribution in [0, 0.1) is 0 Å². The van der Waals surface area contributed by atoms with E-state index in [1.165, 1.54) is 6.33 Å². The fourth-order valence-electron chi connectivity index (χ4n) is 3.70. The lowest BCUT2D eigenvalue weighted by Gasteiger charge is -2.34. The van der Waals surface area contributed by atoms with Crippen molar-refractivity contribution in [3.8, 4) is 11.5 Å². The Morgan fingerprint density at radius 2 is 2.00 bits per heavy atom. The van der Waals surface area contributed by atoms with Gasteiger partial charge in [-0.1, -0.05) is 24.8 Å². The van der Waals surface area contributed by atoms with Crippen molar-refractivity contribution in [1.82, 2.24) is 14.9 Å². The molecule has 1 aliphatic heterocycles. The number of benzene rings is 2. The number of likely N-dealkylation sites (tertiary alicyclic amines) is 1. The number of nitrogens with zero attached hydrogens (tertiary/aromatic N) is 3. The molecular formula is C24H24BrClN4O2. The molecule has 0 spiro atoms. The standard InChI is InChI=1S/C24H24BrClN4O2/c1-4-15(2)30-9-7-17(8-10-30)32-23-12-18-21(13-22(23)31-3)27-14-28-24(18)29-16-5-6-19(25)20(26)11-16/h4-6,11-14,17H,1-2,7-10H2,3H3,(H,27,28,29). The Bertz CT molecular complexity index is 1160. The van der Waals surface area contributed by atoms with Crippen LogP contribution in [0.3, 0.4) is 0 Å². The van der Waals surface area contributed by atoms with E-state index >= 15 is 0 Å². The maximum atomic E-state index is 6.37. The number of halogens is 2. The highest BCUT2D eigenvalue weighted by Gasteiger charge is 2.22. The van der Waals surface area contributed by atoms with Crippen LogP contribution in [0.15, 0.2) is 66.1 Å². The van der Waals surface area contributed by atoms with Gasteiger partial charge < -0.3 is 19.7 Å². The highest BCUT2D eigenvalue weighted by Crippen LogP contribution is 2.37. The summed E-state index contributed by atoms with van der Waals surface area (Å²) in [6.07, 6.45) is 5.18. The lowest BCUT2D eigenvalue weighted by atomic mass is 10.1. The van der Waals surface area contributed by atoms with Gasteiger partial charge in [0.25, 0.3) is 0 Å². The Kier molecular flexibility index (Phi) is 6.86. The van der Waals surface area contributed by atoms with E-state index in [2.05, 4.69) is 49.3 Å². The van der Waals surface area contributed by atoms with Gasteiger partial charge in [-0.05, 0) is 46.3 Å². The topological polar surface area (TPSA) is 59.5 Å². The van der Waals surface area contributed by atoms with E-state index in [4.69, 9.17) is 21.1 Å². The maximum absolute atomic E-state index is 6.37. The van der Waals surface area contributed by atoms with Crippen molar-refractivity contribution < 1.29 is 9.47 Å². The monoisotopic (exact) mass is 514 g/mol. The molecule has 166 valence electrons. The van der Waals surface area contributed by atoms with Gasteiger partial charge in [-0.3, -0.25) is 0 Å². The van der Waals surface area contributed by atoms with Crippen LogP contribution >= 0.6 is 27.5 Å². The molecule has 0 bridgehead atoms. The summed E-state index contributed by atoms with van der Waals surface area (Å²) in [5.74, 6) is 1.98. The molecule has 0 amide bonds. The third-order valence-corrected chi connectivity index (χ3v) is 6.71. The number of allylic oxidation sites excluding steroid dienone is 1. The first-order valence-corrected chi connectivity index (χ1v) is 11.4. The largest absolute Gasteiger partial charge is 0.493 e. The molecule has 1 fully saturated rings. The number of nitrogens with one attached hydrogen (secondary N) is 1. The zero-order valence-electron chi connectivity index (χ0n) is 17.8. The van der Waals surface area contributed by atoms with Crippen molar-refractivity contribution in [1.29, 1.82) is 0 Å². The lowest BCUT2D eigenvalue weighted by molar-refractivity contribution is 0.116. The summed E-state index contributed by atoms with van der Waals surface area (Å²) >= 11 is 9.65. The summed E-state index contributed by atoms with van der Waals surface area (Å²) in [6, 6.07) is 9.47. The van der Waals surface area contributed by atoms with E-state index < -0.39 is 0 Å². The van der Waals surface area contributed by atoms with Gasteiger partial charge in [-0.25, -0.2) is 9.97 Å². The van der Waals surface area contributed by atoms with E-state index in [1.54, 1.807) is 13.2 Å². The van der Waals surface area contributed by atoms with E-state index in [-0.39, 0.29) is 6.10 Å². The average molecular weight is 516 g/mol. The second-order valence-corrected chi connectivity index (χ2v) is 8.76. The van der Waals surface area contributed by atoms with Gasteiger partial charge in [0, 0.05) is 53.2 Å². The summed E-state index contributed by atoms with van der Waals surface area (Å²) in [7, 11) is 1.63. The third kappa shape index (κ3) is 4.84. The first kappa shape index (κ1) is 22.4. The molecule has 3 aromatic rings. The molecule has 32 heavy (non-hydrogen) atoms. The first-order valence-electron chi connectivity index (χ1n) is 10.3. The number of aromatic nitrogens is 2. The minimum Gasteiger partial charge on any atom is -0.493 e. The minimum absolute atomic E-state index is 0.0848. The zero-order chi connectivity index (χ0) is 22.7. The summed E-state index contributed by atoms with van der Waals surface area (Å²) in [5, 5.41) is 4.78. The highest BCUT2D eigenvalue weighted by atomic mass is 79.9. The molecule has 1 N–H and O–H groups in total. The number of hydrogen-bond donors (Lipinski definition) is 1. The van der Waals surface area contributed by atoms with Crippen LogP contribution in [0.1, 0.15) is 12.8 Å². The molecule has 0 saturated carbocycles. The molecule has 4 rings (SSSR count). The molecule has 6 nitrogen and oxygen atoms in total. The molecule has 8 heteroatoms. The van der Waals surface area contributed by atoms with Crippen LogP contribution in [0.5, 0.6) is 11.5 Å². The van der Waals surface area contributed by atoms with Crippen molar-refractivity contribution in [2.24, 2.45) is 0 Å². The van der Waals surface area contributed by atoms with E-state index in [0.717, 1.165) is 52.7 Å². The first-order chi connectivity index (χ1) is 15.5. The van der Waals surface area contributed by atoms with E-state index in [1.807, 2.05) is 30.3 Å². The van der Waals surface area contributed by atoms with E-state index in [0.29, 0.717) is 22.3 Å². The lowest BCUT2D eigenvalue weighted by Crippen LogP contribution is -2.37. The molecule has 1 aromatic heterocycles. The SMILES string of the molecule is C=CC(=C)N1CCC(Oc2cc3c(Nc4ccc(Br)c(Cl)c4)ncnc3cc2OC)CC1. The van der Waals surface area contributed by atoms with Crippen LogP contribution in [-0.2, 0) is 0 Å². The molecule has 0 aliphatic carbocycles. The summed E-state index contributed by atoms with van der Waals surface area (Å²) in [4.78, 5) is 11.1. The van der Waals surface area contributed by atoms with Crippen LogP contribution in [0.2, 0.25) is 5.02 Å². The number of piperidine rings is 1. The third-order valence-electron chi connectivity index (χ3n) is 5.48. The Morgan fingerprint density at radius 3 is 2.69 bits per heavy atom. The van der Waals surface area contributed by atoms with Crippen LogP contribution < -0.4 is 14.8 Å². The fraction of sp³-hybridized carbons (Fsp3) is 0.250. The summed E-state index contributed by atoms with van der Waals surface area (Å²) < 4.78 is 12.8. The Balaban J connectivity index is 1.60. The summed E-state index contributed by atoms with van der Waals surface area (Å²) in [5.41, 5.74) is 2.53. The van der Waals surface area contributed by atoms with Gasteiger partial charge in [0.2, 0.25) is 0 Å². The van der Waals surface area contributed by atoms with Gasteiger partial charge in [0.05, 0.1) is 17.6 Å². The van der Waals surface area contributed by atoms with E-state index in [9.17, 15) is 0 Å².